The molecule has 1 N–H and O–H groups in total. The first-order chi connectivity index (χ1) is 11.3. The smallest absolute Gasteiger partial charge is 0.144 e. The largest absolute Gasteiger partial charge is 0.494 e. The Labute approximate surface area is 138 Å². The summed E-state index contributed by atoms with van der Waals surface area (Å²) in [7, 11) is 3.74. The van der Waals surface area contributed by atoms with Gasteiger partial charge in [0.2, 0.25) is 0 Å². The van der Waals surface area contributed by atoms with Crippen LogP contribution in [-0.2, 0) is 6.54 Å². The number of likely N-dealkylation sites (tertiary alicyclic amines) is 1. The number of hydrogen-bond acceptors (Lipinski definition) is 4. The molecule has 1 unspecified atom stereocenters. The van der Waals surface area contributed by atoms with Crippen LogP contribution in [0.2, 0.25) is 0 Å². The molecule has 1 aliphatic heterocycles. The van der Waals surface area contributed by atoms with Crippen molar-refractivity contribution in [1.29, 1.82) is 0 Å². The average Bonchev–Trinajstić information content (AvgIpc) is 3.03. The van der Waals surface area contributed by atoms with Crippen LogP contribution in [0.4, 0.5) is 0 Å². The molecule has 0 radical (unpaired) electrons. The summed E-state index contributed by atoms with van der Waals surface area (Å²) >= 11 is 0. The SMILES string of the molecule is CNCC1CCCN(Cc2ccnn2-c2ccccc2OC)C1. The number of ether oxygens (including phenoxy) is 1. The minimum absolute atomic E-state index is 0.747. The highest BCUT2D eigenvalue weighted by atomic mass is 16.5. The highest BCUT2D eigenvalue weighted by Crippen LogP contribution is 2.24. The minimum Gasteiger partial charge on any atom is -0.494 e. The second-order valence-corrected chi connectivity index (χ2v) is 6.21. The Hall–Kier alpha value is -1.85. The highest BCUT2D eigenvalue weighted by Gasteiger charge is 2.21. The molecular formula is C18H26N4O. The van der Waals surface area contributed by atoms with Crippen molar-refractivity contribution in [2.45, 2.75) is 19.4 Å². The molecule has 0 bridgehead atoms. The fraction of sp³-hybridized carbons (Fsp3) is 0.500. The van der Waals surface area contributed by atoms with Gasteiger partial charge in [0, 0.05) is 19.3 Å². The molecule has 124 valence electrons. The van der Waals surface area contributed by atoms with Crippen molar-refractivity contribution in [3.05, 3.63) is 42.2 Å². The van der Waals surface area contributed by atoms with E-state index in [1.54, 1.807) is 7.11 Å². The number of benzene rings is 1. The Balaban J connectivity index is 1.76. The van der Waals surface area contributed by atoms with Crippen LogP contribution >= 0.6 is 0 Å². The van der Waals surface area contributed by atoms with Crippen LogP contribution in [0.1, 0.15) is 18.5 Å². The lowest BCUT2D eigenvalue weighted by atomic mass is 9.98. The summed E-state index contributed by atoms with van der Waals surface area (Å²) < 4.78 is 7.48. The molecule has 0 amide bonds. The Morgan fingerprint density at radius 1 is 1.30 bits per heavy atom. The Morgan fingerprint density at radius 3 is 3.00 bits per heavy atom. The molecule has 5 nitrogen and oxygen atoms in total. The van der Waals surface area contributed by atoms with E-state index in [1.807, 2.05) is 36.1 Å². The predicted octanol–water partition coefficient (Wildman–Crippen LogP) is 2.31. The molecule has 1 saturated heterocycles. The van der Waals surface area contributed by atoms with Gasteiger partial charge in [0.1, 0.15) is 11.4 Å². The zero-order valence-corrected chi connectivity index (χ0v) is 14.0. The van der Waals surface area contributed by atoms with Crippen LogP contribution < -0.4 is 10.1 Å². The number of hydrogen-bond donors (Lipinski definition) is 1. The van der Waals surface area contributed by atoms with Crippen LogP contribution in [0, 0.1) is 5.92 Å². The quantitative estimate of drug-likeness (QED) is 0.888. The number of methoxy groups -OCH3 is 1. The monoisotopic (exact) mass is 314 g/mol. The van der Waals surface area contributed by atoms with Gasteiger partial charge >= 0.3 is 0 Å². The summed E-state index contributed by atoms with van der Waals surface area (Å²) in [6.45, 7) is 4.34. The zero-order valence-electron chi connectivity index (χ0n) is 14.0. The van der Waals surface area contributed by atoms with Gasteiger partial charge in [-0.1, -0.05) is 12.1 Å². The normalized spacial score (nSPS) is 19.0. The first kappa shape index (κ1) is 16.0. The van der Waals surface area contributed by atoms with E-state index in [2.05, 4.69) is 27.4 Å². The van der Waals surface area contributed by atoms with Crippen molar-refractivity contribution >= 4 is 0 Å². The summed E-state index contributed by atoms with van der Waals surface area (Å²) in [6, 6.07) is 10.1. The highest BCUT2D eigenvalue weighted by molar-refractivity contribution is 5.46. The predicted molar refractivity (Wildman–Crippen MR) is 92.0 cm³/mol. The van der Waals surface area contributed by atoms with Crippen LogP contribution in [0.25, 0.3) is 5.69 Å². The third kappa shape index (κ3) is 3.74. The van der Waals surface area contributed by atoms with Gasteiger partial charge in [0.05, 0.1) is 12.8 Å². The summed E-state index contributed by atoms with van der Waals surface area (Å²) in [6.07, 6.45) is 4.47. The Bertz CT molecular complexity index is 623. The van der Waals surface area contributed by atoms with Gasteiger partial charge in [-0.25, -0.2) is 4.68 Å². The molecule has 1 atom stereocenters. The maximum absolute atomic E-state index is 5.48. The van der Waals surface area contributed by atoms with Crippen LogP contribution in [0.3, 0.4) is 0 Å². The van der Waals surface area contributed by atoms with Gasteiger partial charge in [-0.15, -0.1) is 0 Å². The zero-order chi connectivity index (χ0) is 16.1. The Kier molecular flexibility index (Phi) is 5.31. The number of nitrogens with one attached hydrogen (secondary N) is 1. The topological polar surface area (TPSA) is 42.3 Å². The van der Waals surface area contributed by atoms with Gasteiger partial charge < -0.3 is 10.1 Å². The molecule has 2 heterocycles. The van der Waals surface area contributed by atoms with E-state index in [1.165, 1.54) is 18.5 Å². The number of piperidine rings is 1. The van der Waals surface area contributed by atoms with E-state index in [4.69, 9.17) is 4.74 Å². The molecule has 23 heavy (non-hydrogen) atoms. The van der Waals surface area contributed by atoms with Crippen LogP contribution in [-0.4, -0.2) is 48.5 Å². The van der Waals surface area contributed by atoms with Crippen molar-refractivity contribution in [1.82, 2.24) is 20.0 Å². The lowest BCUT2D eigenvalue weighted by molar-refractivity contribution is 0.164. The molecule has 1 fully saturated rings. The first-order valence-corrected chi connectivity index (χ1v) is 8.35. The van der Waals surface area contributed by atoms with E-state index >= 15 is 0 Å². The second kappa shape index (κ2) is 7.62. The van der Waals surface area contributed by atoms with Gasteiger partial charge in [0.15, 0.2) is 0 Å². The van der Waals surface area contributed by atoms with Crippen molar-refractivity contribution in [3.63, 3.8) is 0 Å². The third-order valence-corrected chi connectivity index (χ3v) is 4.52. The summed E-state index contributed by atoms with van der Waals surface area (Å²) in [5.74, 6) is 1.60. The van der Waals surface area contributed by atoms with Crippen LogP contribution in [0.5, 0.6) is 5.75 Å². The maximum Gasteiger partial charge on any atom is 0.144 e. The standard InChI is InChI=1S/C18H26N4O/c1-19-12-15-6-5-11-21(13-15)14-16-9-10-20-22(16)17-7-3-4-8-18(17)23-2/h3-4,7-10,15,19H,5-6,11-14H2,1-2H3. The third-order valence-electron chi connectivity index (χ3n) is 4.52. The molecular weight excluding hydrogens is 288 g/mol. The molecule has 0 aliphatic carbocycles. The molecule has 0 spiro atoms. The van der Waals surface area contributed by atoms with Crippen molar-refractivity contribution < 1.29 is 4.74 Å². The molecule has 2 aromatic rings. The van der Waals surface area contributed by atoms with Gasteiger partial charge in [-0.3, -0.25) is 4.90 Å². The van der Waals surface area contributed by atoms with E-state index in [9.17, 15) is 0 Å². The van der Waals surface area contributed by atoms with Crippen molar-refractivity contribution in [3.8, 4) is 11.4 Å². The Morgan fingerprint density at radius 2 is 2.17 bits per heavy atom. The lowest BCUT2D eigenvalue weighted by Gasteiger charge is -2.32. The lowest BCUT2D eigenvalue weighted by Crippen LogP contribution is -2.38. The molecule has 3 rings (SSSR count). The molecule has 5 heteroatoms. The molecule has 0 saturated carbocycles. The molecule has 1 aromatic heterocycles. The van der Waals surface area contributed by atoms with E-state index in [0.29, 0.717) is 0 Å². The number of aromatic nitrogens is 2. The number of para-hydroxylation sites is 2. The van der Waals surface area contributed by atoms with Gasteiger partial charge in [0.25, 0.3) is 0 Å². The minimum atomic E-state index is 0.747. The summed E-state index contributed by atoms with van der Waals surface area (Å²) in [4.78, 5) is 2.54. The maximum atomic E-state index is 5.48. The number of rotatable bonds is 6. The fourth-order valence-corrected chi connectivity index (χ4v) is 3.45. The number of nitrogens with zero attached hydrogens (tertiary/aromatic N) is 3. The average molecular weight is 314 g/mol. The van der Waals surface area contributed by atoms with Gasteiger partial charge in [-0.05, 0) is 57.1 Å². The van der Waals surface area contributed by atoms with E-state index in [0.717, 1.165) is 43.5 Å². The van der Waals surface area contributed by atoms with Crippen molar-refractivity contribution in [2.24, 2.45) is 5.92 Å². The molecule has 1 aromatic carbocycles. The summed E-state index contributed by atoms with van der Waals surface area (Å²) in [5, 5.41) is 7.82. The fourth-order valence-electron chi connectivity index (χ4n) is 3.45. The van der Waals surface area contributed by atoms with Gasteiger partial charge in [-0.2, -0.15) is 5.10 Å². The first-order valence-electron chi connectivity index (χ1n) is 8.35. The van der Waals surface area contributed by atoms with Crippen LogP contribution in [0.15, 0.2) is 36.5 Å². The second-order valence-electron chi connectivity index (χ2n) is 6.21. The summed E-state index contributed by atoms with van der Waals surface area (Å²) in [5.41, 5.74) is 2.21. The van der Waals surface area contributed by atoms with E-state index < -0.39 is 0 Å². The molecule has 1 aliphatic rings. The van der Waals surface area contributed by atoms with Crippen molar-refractivity contribution in [2.75, 3.05) is 33.8 Å². The van der Waals surface area contributed by atoms with E-state index in [-0.39, 0.29) is 0 Å².